The number of carbonyl (C=O) groups is 2. The third-order valence-corrected chi connectivity index (χ3v) is 2.35. The molecule has 0 radical (unpaired) electrons. The van der Waals surface area contributed by atoms with E-state index in [1.807, 2.05) is 6.08 Å². The third kappa shape index (κ3) is 2.34. The molecule has 0 fully saturated rings. The van der Waals surface area contributed by atoms with Gasteiger partial charge in [-0.2, -0.15) is 0 Å². The minimum Gasteiger partial charge on any atom is -0.469 e. The molecule has 0 aliphatic heterocycles. The maximum absolute atomic E-state index is 11.2. The maximum atomic E-state index is 11.2. The van der Waals surface area contributed by atoms with Crippen LogP contribution in [0.1, 0.15) is 19.3 Å². The zero-order valence-electron chi connectivity index (χ0n) is 8.41. The topological polar surface area (TPSA) is 52.6 Å². The summed E-state index contributed by atoms with van der Waals surface area (Å²) >= 11 is 0. The van der Waals surface area contributed by atoms with Crippen LogP contribution in [0.3, 0.4) is 0 Å². The summed E-state index contributed by atoms with van der Waals surface area (Å²) in [5.74, 6) is -0.794. The lowest BCUT2D eigenvalue weighted by molar-refractivity contribution is -0.146. The lowest BCUT2D eigenvalue weighted by atomic mass is 9.89. The first kappa shape index (κ1) is 10.8. The van der Waals surface area contributed by atoms with Crippen LogP contribution in [0.25, 0.3) is 0 Å². The van der Waals surface area contributed by atoms with Crippen LogP contribution in [-0.2, 0) is 19.1 Å². The Hall–Kier alpha value is -1.32. The van der Waals surface area contributed by atoms with Crippen molar-refractivity contribution in [2.24, 2.45) is 5.92 Å². The van der Waals surface area contributed by atoms with Gasteiger partial charge in [-0.25, -0.2) is 4.79 Å². The van der Waals surface area contributed by atoms with E-state index >= 15 is 0 Å². The Bertz CT molecular complexity index is 267. The molecule has 1 aliphatic carbocycles. The summed E-state index contributed by atoms with van der Waals surface area (Å²) in [7, 11) is 2.70. The van der Waals surface area contributed by atoms with Gasteiger partial charge in [-0.05, 0) is 19.3 Å². The quantitative estimate of drug-likeness (QED) is 0.622. The van der Waals surface area contributed by atoms with Gasteiger partial charge in [0.2, 0.25) is 0 Å². The minimum absolute atomic E-state index is 0.195. The predicted molar refractivity (Wildman–Crippen MR) is 49.5 cm³/mol. The summed E-state index contributed by atoms with van der Waals surface area (Å²) in [5.41, 5.74) is 0.578. The molecule has 4 nitrogen and oxygen atoms in total. The first-order valence-corrected chi connectivity index (χ1v) is 4.54. The highest BCUT2D eigenvalue weighted by Crippen LogP contribution is 2.25. The molecular weight excluding hydrogens is 184 g/mol. The summed E-state index contributed by atoms with van der Waals surface area (Å²) < 4.78 is 9.23. The maximum Gasteiger partial charge on any atom is 0.333 e. The van der Waals surface area contributed by atoms with Crippen molar-refractivity contribution < 1.29 is 19.1 Å². The van der Waals surface area contributed by atoms with Gasteiger partial charge < -0.3 is 9.47 Å². The monoisotopic (exact) mass is 198 g/mol. The summed E-state index contributed by atoms with van der Waals surface area (Å²) in [6, 6.07) is 0. The van der Waals surface area contributed by atoms with Crippen LogP contribution >= 0.6 is 0 Å². The number of rotatable bonds is 2. The Morgan fingerprint density at radius 2 is 2.07 bits per heavy atom. The molecule has 0 aromatic carbocycles. The van der Waals surface area contributed by atoms with E-state index in [4.69, 9.17) is 0 Å². The van der Waals surface area contributed by atoms with E-state index < -0.39 is 0 Å². The Kier molecular flexibility index (Phi) is 3.68. The van der Waals surface area contributed by atoms with Crippen molar-refractivity contribution in [2.45, 2.75) is 19.3 Å². The average molecular weight is 198 g/mol. The second kappa shape index (κ2) is 4.79. The fraction of sp³-hybridized carbons (Fsp3) is 0.600. The van der Waals surface area contributed by atoms with Crippen LogP contribution in [0, 0.1) is 5.92 Å². The first-order chi connectivity index (χ1) is 6.69. The predicted octanol–water partition coefficient (Wildman–Crippen LogP) is 1.06. The van der Waals surface area contributed by atoms with Gasteiger partial charge in [0.15, 0.2) is 0 Å². The van der Waals surface area contributed by atoms with Crippen molar-refractivity contribution in [3.05, 3.63) is 11.6 Å². The fourth-order valence-corrected chi connectivity index (χ4v) is 1.58. The molecule has 4 heteroatoms. The molecule has 0 N–H and O–H groups in total. The van der Waals surface area contributed by atoms with Crippen molar-refractivity contribution in [3.63, 3.8) is 0 Å². The van der Waals surface area contributed by atoms with E-state index in [0.29, 0.717) is 12.0 Å². The molecular formula is C10H14O4. The summed E-state index contributed by atoms with van der Waals surface area (Å²) in [6.45, 7) is 0. The van der Waals surface area contributed by atoms with Gasteiger partial charge in [-0.1, -0.05) is 6.08 Å². The number of ether oxygens (including phenoxy) is 2. The molecule has 0 bridgehead atoms. The highest BCUT2D eigenvalue weighted by Gasteiger charge is 2.26. The molecule has 1 rings (SSSR count). The lowest BCUT2D eigenvalue weighted by Crippen LogP contribution is -2.22. The van der Waals surface area contributed by atoms with E-state index in [-0.39, 0.29) is 17.9 Å². The standard InChI is InChI=1S/C10H14O4/c1-13-9(11)7-4-3-5-8(6-7)10(12)14-2/h4,8H,3,5-6H2,1-2H3/t8-/m1/s1. The molecule has 1 atom stereocenters. The minimum atomic E-state index is -0.349. The summed E-state index contributed by atoms with van der Waals surface area (Å²) in [5, 5.41) is 0. The van der Waals surface area contributed by atoms with Gasteiger partial charge in [0.05, 0.1) is 20.1 Å². The zero-order valence-corrected chi connectivity index (χ0v) is 8.41. The zero-order chi connectivity index (χ0) is 10.6. The Labute approximate surface area is 82.9 Å². The number of allylic oxidation sites excluding steroid dienone is 1. The number of hydrogen-bond acceptors (Lipinski definition) is 4. The molecule has 0 saturated carbocycles. The second-order valence-electron chi connectivity index (χ2n) is 3.22. The Morgan fingerprint density at radius 1 is 1.36 bits per heavy atom. The smallest absolute Gasteiger partial charge is 0.333 e. The molecule has 0 aromatic rings. The van der Waals surface area contributed by atoms with Crippen molar-refractivity contribution >= 4 is 11.9 Å². The molecule has 0 saturated heterocycles. The summed E-state index contributed by atoms with van der Waals surface area (Å²) in [4.78, 5) is 22.4. The number of hydrogen-bond donors (Lipinski definition) is 0. The number of carbonyl (C=O) groups excluding carboxylic acids is 2. The van der Waals surface area contributed by atoms with E-state index in [0.717, 1.165) is 12.8 Å². The molecule has 0 heterocycles. The van der Waals surface area contributed by atoms with Gasteiger partial charge in [0, 0.05) is 5.57 Å². The highest BCUT2D eigenvalue weighted by atomic mass is 16.5. The molecule has 0 aromatic heterocycles. The average Bonchev–Trinajstić information content (AvgIpc) is 2.27. The lowest BCUT2D eigenvalue weighted by Gasteiger charge is -2.18. The Morgan fingerprint density at radius 3 is 2.64 bits per heavy atom. The normalized spacial score (nSPS) is 21.0. The molecule has 78 valence electrons. The molecule has 14 heavy (non-hydrogen) atoms. The van der Waals surface area contributed by atoms with Crippen LogP contribution in [0.15, 0.2) is 11.6 Å². The van der Waals surface area contributed by atoms with Crippen LogP contribution in [0.5, 0.6) is 0 Å². The highest BCUT2D eigenvalue weighted by molar-refractivity contribution is 5.89. The second-order valence-corrected chi connectivity index (χ2v) is 3.22. The molecule has 1 aliphatic rings. The van der Waals surface area contributed by atoms with E-state index in [1.165, 1.54) is 14.2 Å². The molecule has 0 unspecified atom stereocenters. The number of esters is 2. The van der Waals surface area contributed by atoms with Crippen molar-refractivity contribution in [1.29, 1.82) is 0 Å². The fourth-order valence-electron chi connectivity index (χ4n) is 1.58. The van der Waals surface area contributed by atoms with Gasteiger partial charge >= 0.3 is 11.9 Å². The van der Waals surface area contributed by atoms with E-state index in [2.05, 4.69) is 9.47 Å². The summed E-state index contributed by atoms with van der Waals surface area (Å²) in [6.07, 6.45) is 3.72. The van der Waals surface area contributed by atoms with Crippen LogP contribution in [0.4, 0.5) is 0 Å². The van der Waals surface area contributed by atoms with Crippen LogP contribution < -0.4 is 0 Å². The van der Waals surface area contributed by atoms with Crippen LogP contribution in [-0.4, -0.2) is 26.2 Å². The largest absolute Gasteiger partial charge is 0.469 e. The first-order valence-electron chi connectivity index (χ1n) is 4.54. The number of methoxy groups -OCH3 is 2. The van der Waals surface area contributed by atoms with Gasteiger partial charge in [0.1, 0.15) is 0 Å². The Balaban J connectivity index is 2.62. The molecule has 0 amide bonds. The van der Waals surface area contributed by atoms with E-state index in [9.17, 15) is 9.59 Å². The third-order valence-electron chi connectivity index (χ3n) is 2.35. The van der Waals surface area contributed by atoms with Crippen molar-refractivity contribution in [2.75, 3.05) is 14.2 Å². The van der Waals surface area contributed by atoms with Crippen molar-refractivity contribution in [1.82, 2.24) is 0 Å². The van der Waals surface area contributed by atoms with E-state index in [1.54, 1.807) is 0 Å². The van der Waals surface area contributed by atoms with Crippen LogP contribution in [0.2, 0.25) is 0 Å². The SMILES string of the molecule is COC(=O)C1=CCC[C@@H](C(=O)OC)C1. The van der Waals surface area contributed by atoms with Gasteiger partial charge in [0.25, 0.3) is 0 Å². The van der Waals surface area contributed by atoms with Crippen molar-refractivity contribution in [3.8, 4) is 0 Å². The van der Waals surface area contributed by atoms with Gasteiger partial charge in [-0.15, -0.1) is 0 Å². The van der Waals surface area contributed by atoms with Gasteiger partial charge in [-0.3, -0.25) is 4.79 Å². The molecule has 0 spiro atoms.